The van der Waals surface area contributed by atoms with Crippen molar-refractivity contribution in [2.45, 2.75) is 20.3 Å². The van der Waals surface area contributed by atoms with Crippen LogP contribution in [0.3, 0.4) is 0 Å². The van der Waals surface area contributed by atoms with E-state index in [4.69, 9.17) is 11.5 Å². The van der Waals surface area contributed by atoms with Crippen LogP contribution in [0, 0.1) is 17.3 Å². The fourth-order valence-corrected chi connectivity index (χ4v) is 1.89. The Labute approximate surface area is 71.3 Å². The van der Waals surface area contributed by atoms with E-state index in [-0.39, 0.29) is 29.1 Å². The van der Waals surface area contributed by atoms with Crippen molar-refractivity contribution in [2.24, 2.45) is 28.7 Å². The van der Waals surface area contributed by atoms with Crippen molar-refractivity contribution in [2.75, 3.05) is 0 Å². The molecule has 1 aliphatic carbocycles. The molecule has 0 bridgehead atoms. The molecule has 1 fully saturated rings. The van der Waals surface area contributed by atoms with E-state index in [1.54, 1.807) is 0 Å². The van der Waals surface area contributed by atoms with Crippen molar-refractivity contribution in [1.29, 1.82) is 0 Å². The summed E-state index contributed by atoms with van der Waals surface area (Å²) < 4.78 is 0. The number of hydrogen-bond acceptors (Lipinski definition) is 2. The van der Waals surface area contributed by atoms with Gasteiger partial charge in [-0.1, -0.05) is 13.8 Å². The molecule has 4 heteroatoms. The van der Waals surface area contributed by atoms with Gasteiger partial charge in [0.25, 0.3) is 0 Å². The van der Waals surface area contributed by atoms with Crippen molar-refractivity contribution in [1.82, 2.24) is 0 Å². The minimum atomic E-state index is -0.350. The summed E-state index contributed by atoms with van der Waals surface area (Å²) in [5.74, 6) is -1.07. The van der Waals surface area contributed by atoms with Gasteiger partial charge in [0.15, 0.2) is 0 Å². The van der Waals surface area contributed by atoms with Crippen LogP contribution in [0.5, 0.6) is 0 Å². The molecule has 0 heterocycles. The van der Waals surface area contributed by atoms with E-state index in [1.165, 1.54) is 0 Å². The molecule has 2 amide bonds. The zero-order chi connectivity index (χ0) is 9.52. The van der Waals surface area contributed by atoms with E-state index in [0.29, 0.717) is 6.42 Å². The van der Waals surface area contributed by atoms with Gasteiger partial charge in [0, 0.05) is 11.8 Å². The fourth-order valence-electron chi connectivity index (χ4n) is 1.89. The van der Waals surface area contributed by atoms with Crippen LogP contribution in [0.25, 0.3) is 0 Å². The standard InChI is InChI=1S/C8H14N2O2/c1-8(2)4(6(9)11)3-5(8)7(10)12/h4-5H,3H2,1-2H3,(H2,9,11)(H2,10,12)/t4-,5+. The van der Waals surface area contributed by atoms with E-state index in [0.717, 1.165) is 0 Å². The van der Waals surface area contributed by atoms with Crippen LogP contribution in [-0.4, -0.2) is 11.8 Å². The SMILES string of the molecule is CC1(C)[C@@H](C(N)=O)C[C@H]1C(N)=O. The number of carbonyl (C=O) groups is 2. The van der Waals surface area contributed by atoms with Gasteiger partial charge >= 0.3 is 0 Å². The van der Waals surface area contributed by atoms with Crippen LogP contribution < -0.4 is 11.5 Å². The molecule has 1 saturated carbocycles. The van der Waals surface area contributed by atoms with Gasteiger partial charge in [-0.2, -0.15) is 0 Å². The van der Waals surface area contributed by atoms with E-state index >= 15 is 0 Å². The van der Waals surface area contributed by atoms with E-state index in [9.17, 15) is 9.59 Å². The number of hydrogen-bond donors (Lipinski definition) is 2. The molecule has 0 unspecified atom stereocenters. The number of rotatable bonds is 2. The van der Waals surface area contributed by atoms with Crippen molar-refractivity contribution in [3.63, 3.8) is 0 Å². The highest BCUT2D eigenvalue weighted by molar-refractivity contribution is 5.85. The minimum absolute atomic E-state index is 0.199. The monoisotopic (exact) mass is 170 g/mol. The van der Waals surface area contributed by atoms with E-state index < -0.39 is 0 Å². The van der Waals surface area contributed by atoms with Gasteiger partial charge in [0.05, 0.1) is 0 Å². The predicted molar refractivity (Wildman–Crippen MR) is 43.8 cm³/mol. The number of nitrogens with two attached hydrogens (primary N) is 2. The first-order chi connectivity index (χ1) is 5.37. The van der Waals surface area contributed by atoms with E-state index in [1.807, 2.05) is 13.8 Å². The third-order valence-electron chi connectivity index (χ3n) is 2.95. The van der Waals surface area contributed by atoms with Gasteiger partial charge in [0.1, 0.15) is 0 Å². The third kappa shape index (κ3) is 1.07. The molecular weight excluding hydrogens is 156 g/mol. The predicted octanol–water partition coefficient (Wildman–Crippen LogP) is -0.381. The maximum atomic E-state index is 10.8. The second-order valence-corrected chi connectivity index (χ2v) is 3.97. The quantitative estimate of drug-likeness (QED) is 0.591. The summed E-state index contributed by atoms with van der Waals surface area (Å²) in [4.78, 5) is 21.7. The molecule has 0 aromatic carbocycles. The zero-order valence-corrected chi connectivity index (χ0v) is 7.33. The molecule has 0 aromatic rings. The first-order valence-corrected chi connectivity index (χ1v) is 3.96. The van der Waals surface area contributed by atoms with Crippen LogP contribution in [-0.2, 0) is 9.59 Å². The number of carbonyl (C=O) groups excluding carboxylic acids is 2. The molecule has 4 nitrogen and oxygen atoms in total. The normalized spacial score (nSPS) is 32.2. The lowest BCUT2D eigenvalue weighted by atomic mass is 9.54. The lowest BCUT2D eigenvalue weighted by Crippen LogP contribution is -2.55. The molecule has 1 rings (SSSR count). The van der Waals surface area contributed by atoms with Gasteiger partial charge in [-0.05, 0) is 11.8 Å². The molecule has 0 saturated heterocycles. The Bertz CT molecular complexity index is 213. The number of primary amides is 2. The summed E-state index contributed by atoms with van der Waals surface area (Å²) in [7, 11) is 0. The molecule has 0 spiro atoms. The van der Waals surface area contributed by atoms with Gasteiger partial charge in [0.2, 0.25) is 11.8 Å². The second-order valence-electron chi connectivity index (χ2n) is 3.97. The lowest BCUT2D eigenvalue weighted by molar-refractivity contribution is -0.147. The van der Waals surface area contributed by atoms with Crippen LogP contribution in [0.4, 0.5) is 0 Å². The summed E-state index contributed by atoms with van der Waals surface area (Å²) in [6.45, 7) is 3.70. The Morgan fingerprint density at radius 1 is 1.17 bits per heavy atom. The Balaban J connectivity index is 2.72. The van der Waals surface area contributed by atoms with Gasteiger partial charge < -0.3 is 11.5 Å². The Morgan fingerprint density at radius 2 is 1.50 bits per heavy atom. The highest BCUT2D eigenvalue weighted by Crippen LogP contribution is 2.50. The maximum Gasteiger partial charge on any atom is 0.221 e. The first-order valence-electron chi connectivity index (χ1n) is 3.96. The van der Waals surface area contributed by atoms with Gasteiger partial charge in [-0.15, -0.1) is 0 Å². The summed E-state index contributed by atoms with van der Waals surface area (Å²) in [5, 5.41) is 0. The fraction of sp³-hybridized carbons (Fsp3) is 0.750. The molecule has 0 aromatic heterocycles. The van der Waals surface area contributed by atoms with Crippen molar-refractivity contribution < 1.29 is 9.59 Å². The molecule has 4 N–H and O–H groups in total. The maximum absolute atomic E-state index is 10.8. The molecular formula is C8H14N2O2. The smallest absolute Gasteiger partial charge is 0.221 e. The Hall–Kier alpha value is -1.06. The van der Waals surface area contributed by atoms with Crippen LogP contribution >= 0.6 is 0 Å². The average Bonchev–Trinajstić information content (AvgIpc) is 1.83. The molecule has 1 aliphatic rings. The van der Waals surface area contributed by atoms with Gasteiger partial charge in [-0.25, -0.2) is 0 Å². The van der Waals surface area contributed by atoms with Crippen molar-refractivity contribution in [3.05, 3.63) is 0 Å². The van der Waals surface area contributed by atoms with E-state index in [2.05, 4.69) is 0 Å². The molecule has 68 valence electrons. The van der Waals surface area contributed by atoms with Gasteiger partial charge in [-0.3, -0.25) is 9.59 Å². The van der Waals surface area contributed by atoms with Crippen molar-refractivity contribution in [3.8, 4) is 0 Å². The topological polar surface area (TPSA) is 86.2 Å². The molecule has 0 aliphatic heterocycles. The third-order valence-corrected chi connectivity index (χ3v) is 2.95. The summed E-state index contributed by atoms with van der Waals surface area (Å²) >= 11 is 0. The second kappa shape index (κ2) is 2.47. The molecule has 0 radical (unpaired) electrons. The van der Waals surface area contributed by atoms with Crippen LogP contribution in [0.2, 0.25) is 0 Å². The Morgan fingerprint density at radius 3 is 1.67 bits per heavy atom. The minimum Gasteiger partial charge on any atom is -0.369 e. The summed E-state index contributed by atoms with van der Waals surface area (Å²) in [6, 6.07) is 0. The molecule has 2 atom stereocenters. The van der Waals surface area contributed by atoms with Crippen LogP contribution in [0.1, 0.15) is 20.3 Å². The lowest BCUT2D eigenvalue weighted by Gasteiger charge is -2.48. The van der Waals surface area contributed by atoms with Crippen molar-refractivity contribution >= 4 is 11.8 Å². The zero-order valence-electron chi connectivity index (χ0n) is 7.33. The number of amides is 2. The Kier molecular flexibility index (Phi) is 1.86. The highest BCUT2D eigenvalue weighted by atomic mass is 16.2. The summed E-state index contributed by atoms with van der Waals surface area (Å²) in [5.41, 5.74) is 9.94. The highest BCUT2D eigenvalue weighted by Gasteiger charge is 2.53. The average molecular weight is 170 g/mol. The van der Waals surface area contributed by atoms with Crippen LogP contribution in [0.15, 0.2) is 0 Å². The largest absolute Gasteiger partial charge is 0.369 e. The summed E-state index contributed by atoms with van der Waals surface area (Å²) in [6.07, 6.45) is 0.512. The molecule has 12 heavy (non-hydrogen) atoms. The first kappa shape index (κ1) is 9.03.